The van der Waals surface area contributed by atoms with Crippen LogP contribution in [0, 0.1) is 0 Å². The van der Waals surface area contributed by atoms with E-state index < -0.39 is 0 Å². The summed E-state index contributed by atoms with van der Waals surface area (Å²) >= 11 is 0. The minimum Gasteiger partial charge on any atom is -0.362 e. The van der Waals surface area contributed by atoms with Crippen LogP contribution in [-0.4, -0.2) is 13.7 Å². The summed E-state index contributed by atoms with van der Waals surface area (Å²) in [5, 5.41) is 3.23. The van der Waals surface area contributed by atoms with Crippen molar-refractivity contribution in [2.75, 3.05) is 13.7 Å². The second-order valence-corrected chi connectivity index (χ2v) is 2.58. The number of methoxy groups -OCH3 is 1. The summed E-state index contributed by atoms with van der Waals surface area (Å²) < 4.78 is 5.27. The van der Waals surface area contributed by atoms with Gasteiger partial charge < -0.3 is 4.74 Å². The summed E-state index contributed by atoms with van der Waals surface area (Å²) in [4.78, 5) is 0. The Balaban J connectivity index is 2.66. The number of hydrogen-bond acceptors (Lipinski definition) is 2. The molecule has 0 bridgehead atoms. The highest BCUT2D eigenvalue weighted by Gasteiger charge is 2.05. The molecule has 1 aromatic carbocycles. The lowest BCUT2D eigenvalue weighted by molar-refractivity contribution is 0.0755. The molecule has 0 spiro atoms. The fraction of sp³-hybridized carbons (Fsp3) is 0.400. The Kier molecular flexibility index (Phi) is 3.77. The Morgan fingerprint density at radius 1 is 1.33 bits per heavy atom. The third-order valence-electron chi connectivity index (χ3n) is 1.73. The van der Waals surface area contributed by atoms with Crippen LogP contribution in [0.25, 0.3) is 0 Å². The second-order valence-electron chi connectivity index (χ2n) is 2.58. The molecular weight excluding hydrogens is 150 g/mol. The molecule has 0 radical (unpaired) electrons. The van der Waals surface area contributed by atoms with E-state index in [4.69, 9.17) is 4.74 Å². The molecule has 2 heteroatoms. The molecule has 1 aromatic rings. The fourth-order valence-corrected chi connectivity index (χ4v) is 1.15. The molecular formula is C10H15NO. The normalized spacial score (nSPS) is 12.8. The maximum atomic E-state index is 5.27. The van der Waals surface area contributed by atoms with E-state index in [0.717, 1.165) is 6.54 Å². The van der Waals surface area contributed by atoms with Gasteiger partial charge >= 0.3 is 0 Å². The largest absolute Gasteiger partial charge is 0.362 e. The van der Waals surface area contributed by atoms with Crippen molar-refractivity contribution >= 4 is 0 Å². The zero-order valence-electron chi connectivity index (χ0n) is 7.58. The zero-order chi connectivity index (χ0) is 8.81. The van der Waals surface area contributed by atoms with Crippen LogP contribution in [-0.2, 0) is 4.74 Å². The van der Waals surface area contributed by atoms with Gasteiger partial charge in [-0.2, -0.15) is 0 Å². The Bertz CT molecular complexity index is 210. The monoisotopic (exact) mass is 165 g/mol. The summed E-state index contributed by atoms with van der Waals surface area (Å²) in [6.07, 6.45) is 0.0243. The zero-order valence-corrected chi connectivity index (χ0v) is 7.58. The lowest BCUT2D eigenvalue weighted by atomic mass is 10.2. The van der Waals surface area contributed by atoms with Crippen molar-refractivity contribution < 1.29 is 4.74 Å². The molecule has 0 fully saturated rings. The van der Waals surface area contributed by atoms with Crippen LogP contribution in [0.1, 0.15) is 18.7 Å². The van der Waals surface area contributed by atoms with Crippen molar-refractivity contribution in [3.63, 3.8) is 0 Å². The van der Waals surface area contributed by atoms with Gasteiger partial charge in [-0.1, -0.05) is 37.3 Å². The van der Waals surface area contributed by atoms with Crippen LogP contribution in [0.3, 0.4) is 0 Å². The first-order chi connectivity index (χ1) is 5.88. The smallest absolute Gasteiger partial charge is 0.133 e. The Morgan fingerprint density at radius 2 is 2.00 bits per heavy atom. The van der Waals surface area contributed by atoms with Crippen LogP contribution >= 0.6 is 0 Å². The van der Waals surface area contributed by atoms with E-state index in [1.807, 2.05) is 18.2 Å². The van der Waals surface area contributed by atoms with Crippen LogP contribution in [0.2, 0.25) is 0 Å². The molecule has 0 aromatic heterocycles. The van der Waals surface area contributed by atoms with Crippen molar-refractivity contribution in [1.29, 1.82) is 0 Å². The molecule has 1 unspecified atom stereocenters. The number of benzene rings is 1. The van der Waals surface area contributed by atoms with Crippen molar-refractivity contribution in [3.8, 4) is 0 Å². The van der Waals surface area contributed by atoms with E-state index in [0.29, 0.717) is 0 Å². The third-order valence-corrected chi connectivity index (χ3v) is 1.73. The molecule has 12 heavy (non-hydrogen) atoms. The number of nitrogens with one attached hydrogen (secondary N) is 1. The summed E-state index contributed by atoms with van der Waals surface area (Å²) in [7, 11) is 1.71. The molecule has 0 saturated heterocycles. The van der Waals surface area contributed by atoms with Gasteiger partial charge in [-0.15, -0.1) is 0 Å². The van der Waals surface area contributed by atoms with Crippen LogP contribution < -0.4 is 5.32 Å². The second kappa shape index (κ2) is 4.91. The van der Waals surface area contributed by atoms with Gasteiger partial charge in [0.1, 0.15) is 6.23 Å². The predicted molar refractivity (Wildman–Crippen MR) is 49.9 cm³/mol. The van der Waals surface area contributed by atoms with Crippen LogP contribution in [0.4, 0.5) is 0 Å². The minimum atomic E-state index is 0.0243. The molecule has 0 aliphatic carbocycles. The van der Waals surface area contributed by atoms with Crippen molar-refractivity contribution in [2.24, 2.45) is 0 Å². The Morgan fingerprint density at radius 3 is 2.50 bits per heavy atom. The lowest BCUT2D eigenvalue weighted by Gasteiger charge is -2.15. The van der Waals surface area contributed by atoms with E-state index in [2.05, 4.69) is 24.4 Å². The molecule has 66 valence electrons. The molecule has 0 aliphatic rings. The van der Waals surface area contributed by atoms with Gasteiger partial charge in [0.15, 0.2) is 0 Å². The number of rotatable bonds is 4. The molecule has 0 saturated carbocycles. The summed E-state index contributed by atoms with van der Waals surface area (Å²) in [5.41, 5.74) is 1.17. The summed E-state index contributed by atoms with van der Waals surface area (Å²) in [6, 6.07) is 10.1. The SMILES string of the molecule is CCNC(OC)c1ccccc1. The highest BCUT2D eigenvalue weighted by molar-refractivity contribution is 5.16. The van der Waals surface area contributed by atoms with Gasteiger partial charge in [0.25, 0.3) is 0 Å². The van der Waals surface area contributed by atoms with E-state index in [9.17, 15) is 0 Å². The molecule has 0 heterocycles. The maximum absolute atomic E-state index is 5.27. The first kappa shape index (κ1) is 9.23. The molecule has 2 nitrogen and oxygen atoms in total. The molecule has 1 N–H and O–H groups in total. The van der Waals surface area contributed by atoms with Crippen molar-refractivity contribution in [2.45, 2.75) is 13.2 Å². The van der Waals surface area contributed by atoms with Gasteiger partial charge in [0.05, 0.1) is 0 Å². The molecule has 1 rings (SSSR count). The van der Waals surface area contributed by atoms with Crippen LogP contribution in [0.15, 0.2) is 30.3 Å². The van der Waals surface area contributed by atoms with E-state index in [1.54, 1.807) is 7.11 Å². The highest BCUT2D eigenvalue weighted by Crippen LogP contribution is 2.11. The fourth-order valence-electron chi connectivity index (χ4n) is 1.15. The van der Waals surface area contributed by atoms with Gasteiger partial charge in [0.2, 0.25) is 0 Å². The number of ether oxygens (including phenoxy) is 1. The van der Waals surface area contributed by atoms with E-state index >= 15 is 0 Å². The van der Waals surface area contributed by atoms with Gasteiger partial charge in [0, 0.05) is 7.11 Å². The minimum absolute atomic E-state index is 0.0243. The van der Waals surface area contributed by atoms with Crippen molar-refractivity contribution in [3.05, 3.63) is 35.9 Å². The molecule has 0 aliphatic heterocycles. The van der Waals surface area contributed by atoms with Crippen LogP contribution in [0.5, 0.6) is 0 Å². The molecule has 1 atom stereocenters. The highest BCUT2D eigenvalue weighted by atomic mass is 16.5. The summed E-state index contributed by atoms with van der Waals surface area (Å²) in [6.45, 7) is 2.97. The van der Waals surface area contributed by atoms with Gasteiger partial charge in [-0.05, 0) is 12.1 Å². The Hall–Kier alpha value is -0.860. The maximum Gasteiger partial charge on any atom is 0.133 e. The van der Waals surface area contributed by atoms with Crippen molar-refractivity contribution in [1.82, 2.24) is 5.32 Å². The average Bonchev–Trinajstić information content (AvgIpc) is 2.15. The average molecular weight is 165 g/mol. The summed E-state index contributed by atoms with van der Waals surface area (Å²) in [5.74, 6) is 0. The third kappa shape index (κ3) is 2.32. The lowest BCUT2D eigenvalue weighted by Crippen LogP contribution is -2.22. The van der Waals surface area contributed by atoms with E-state index in [-0.39, 0.29) is 6.23 Å². The quantitative estimate of drug-likeness (QED) is 0.688. The molecule has 0 amide bonds. The van der Waals surface area contributed by atoms with Gasteiger partial charge in [-0.25, -0.2) is 0 Å². The first-order valence-corrected chi connectivity index (χ1v) is 4.19. The topological polar surface area (TPSA) is 21.3 Å². The standard InChI is InChI=1S/C10H15NO/c1-3-11-10(12-2)9-7-5-4-6-8-9/h4-8,10-11H,3H2,1-2H3. The van der Waals surface area contributed by atoms with E-state index in [1.165, 1.54) is 5.56 Å². The predicted octanol–water partition coefficient (Wildman–Crippen LogP) is 1.94. The number of hydrogen-bond donors (Lipinski definition) is 1. The first-order valence-electron chi connectivity index (χ1n) is 4.19. The Labute approximate surface area is 73.6 Å². The van der Waals surface area contributed by atoms with Gasteiger partial charge in [-0.3, -0.25) is 5.32 Å².